The molecule has 1 atom stereocenters. The van der Waals surface area contributed by atoms with Gasteiger partial charge in [-0.2, -0.15) is 4.68 Å². The second-order valence-corrected chi connectivity index (χ2v) is 9.22. The van der Waals surface area contributed by atoms with E-state index in [-0.39, 0.29) is 12.5 Å². The van der Waals surface area contributed by atoms with Crippen LogP contribution in [0.3, 0.4) is 0 Å². The number of ether oxygens (including phenoxy) is 1. The summed E-state index contributed by atoms with van der Waals surface area (Å²) in [6.07, 6.45) is 0. The second kappa shape index (κ2) is 10.9. The number of nitrogens with one attached hydrogen (secondary N) is 1. The van der Waals surface area contributed by atoms with Gasteiger partial charge in [-0.1, -0.05) is 60.1 Å². The number of nitrogens with two attached hydrogens (primary N) is 1. The Bertz CT molecular complexity index is 1040. The molecule has 10 heteroatoms. The Morgan fingerprint density at radius 3 is 2.62 bits per heavy atom. The van der Waals surface area contributed by atoms with Gasteiger partial charge in [0.05, 0.1) is 25.8 Å². The molecule has 0 aliphatic rings. The number of aromatic nitrogens is 4. The Kier molecular flexibility index (Phi) is 8.25. The van der Waals surface area contributed by atoms with Crippen LogP contribution in [0.1, 0.15) is 36.8 Å². The normalized spacial score (nSPS) is 12.5. The molecule has 0 bridgehead atoms. The zero-order chi connectivity index (χ0) is 23.1. The molecule has 170 valence electrons. The van der Waals surface area contributed by atoms with Crippen LogP contribution >= 0.6 is 23.5 Å². The molecular weight excluding hydrogens is 448 g/mol. The molecule has 0 saturated carbocycles. The number of hydrogen-bond donors (Lipinski definition) is 2. The lowest BCUT2D eigenvalue weighted by molar-refractivity contribution is -0.748. The lowest BCUT2D eigenvalue weighted by Gasteiger charge is -2.21. The van der Waals surface area contributed by atoms with Crippen molar-refractivity contribution in [2.24, 2.45) is 12.8 Å². The molecule has 3 N–H and O–H groups in total. The zero-order valence-corrected chi connectivity index (χ0v) is 19.9. The Balaban J connectivity index is 1.72. The highest BCUT2D eigenvalue weighted by molar-refractivity contribution is 7.96. The van der Waals surface area contributed by atoms with Crippen molar-refractivity contribution in [1.82, 2.24) is 19.8 Å². The van der Waals surface area contributed by atoms with Gasteiger partial charge in [0, 0.05) is 26.9 Å². The van der Waals surface area contributed by atoms with Crippen molar-refractivity contribution in [3.63, 3.8) is 0 Å². The van der Waals surface area contributed by atoms with Crippen molar-refractivity contribution in [1.29, 1.82) is 0 Å². The third kappa shape index (κ3) is 6.52. The van der Waals surface area contributed by atoms with Crippen molar-refractivity contribution in [2.45, 2.75) is 37.8 Å². The molecule has 0 saturated heterocycles. The molecule has 0 radical (unpaired) electrons. The summed E-state index contributed by atoms with van der Waals surface area (Å²) in [5.41, 5.74) is 6.98. The minimum Gasteiger partial charge on any atom is -0.374 e. The Labute approximate surface area is 197 Å². The molecule has 0 unspecified atom stereocenters. The topological polar surface area (TPSA) is 98.9 Å². The molecule has 0 spiro atoms. The van der Waals surface area contributed by atoms with Gasteiger partial charge in [0.2, 0.25) is 5.91 Å². The molecular formula is C22H28ClN6O2S+. The van der Waals surface area contributed by atoms with Gasteiger partial charge in [-0.25, -0.2) is 0 Å². The summed E-state index contributed by atoms with van der Waals surface area (Å²) < 4.78 is 9.32. The summed E-state index contributed by atoms with van der Waals surface area (Å²) in [4.78, 5) is 12.6. The van der Waals surface area contributed by atoms with Crippen molar-refractivity contribution < 1.29 is 14.2 Å². The van der Waals surface area contributed by atoms with Crippen LogP contribution in [0.5, 0.6) is 0 Å². The predicted octanol–water partition coefficient (Wildman–Crippen LogP) is 2.56. The first-order chi connectivity index (χ1) is 15.3. The van der Waals surface area contributed by atoms with Crippen LogP contribution in [-0.4, -0.2) is 32.6 Å². The van der Waals surface area contributed by atoms with Crippen molar-refractivity contribution in [3.8, 4) is 0 Å². The summed E-state index contributed by atoms with van der Waals surface area (Å²) in [5, 5.41) is 12.2. The van der Waals surface area contributed by atoms with Crippen LogP contribution in [0.25, 0.3) is 0 Å². The van der Waals surface area contributed by atoms with Gasteiger partial charge in [-0.3, -0.25) is 4.79 Å². The van der Waals surface area contributed by atoms with Gasteiger partial charge < -0.3 is 15.8 Å². The number of tetrazole rings is 1. The largest absolute Gasteiger partial charge is 0.374 e. The van der Waals surface area contributed by atoms with Gasteiger partial charge in [0.1, 0.15) is 11.1 Å². The second-order valence-electron chi connectivity index (χ2n) is 7.94. The summed E-state index contributed by atoms with van der Waals surface area (Å²) >= 11 is 7.69. The number of hydrogen-bond acceptors (Lipinski definition) is 6. The van der Waals surface area contributed by atoms with E-state index in [1.807, 2.05) is 61.6 Å². The molecule has 2 aromatic carbocycles. The van der Waals surface area contributed by atoms with E-state index in [1.54, 1.807) is 22.7 Å². The Hall–Kier alpha value is -2.46. The Morgan fingerprint density at radius 2 is 1.94 bits per heavy atom. The van der Waals surface area contributed by atoms with E-state index in [4.69, 9.17) is 22.1 Å². The van der Waals surface area contributed by atoms with E-state index < -0.39 is 11.6 Å². The van der Waals surface area contributed by atoms with E-state index in [0.717, 1.165) is 11.1 Å². The highest BCUT2D eigenvalue weighted by Crippen LogP contribution is 2.21. The molecule has 1 amide bonds. The fourth-order valence-corrected chi connectivity index (χ4v) is 3.97. The fraction of sp³-hybridized carbons (Fsp3) is 0.364. The van der Waals surface area contributed by atoms with Crippen molar-refractivity contribution >= 4 is 29.5 Å². The number of carbonyl (C=O) groups is 1. The highest BCUT2D eigenvalue weighted by Gasteiger charge is 2.32. The molecule has 32 heavy (non-hydrogen) atoms. The average Bonchev–Trinajstić information content (AvgIpc) is 3.12. The SMILES string of the molecule is C[n+]1c([C@@H](COCc2ccccc2)NC(=O)C(C)(C)N)nnn1SCc1ccccc1Cl. The molecule has 0 aliphatic carbocycles. The van der Waals surface area contributed by atoms with Crippen LogP contribution in [0.15, 0.2) is 54.6 Å². The predicted molar refractivity (Wildman–Crippen MR) is 125 cm³/mol. The van der Waals surface area contributed by atoms with Crippen LogP contribution in [0.2, 0.25) is 5.02 Å². The molecule has 1 heterocycles. The lowest BCUT2D eigenvalue weighted by atomic mass is 10.1. The van der Waals surface area contributed by atoms with E-state index in [2.05, 4.69) is 15.6 Å². The third-order valence-electron chi connectivity index (χ3n) is 4.70. The molecule has 0 fully saturated rings. The summed E-state index contributed by atoms with van der Waals surface area (Å²) in [6, 6.07) is 17.0. The first-order valence-electron chi connectivity index (χ1n) is 10.2. The maximum Gasteiger partial charge on any atom is 0.326 e. The van der Waals surface area contributed by atoms with Crippen LogP contribution in [-0.2, 0) is 28.9 Å². The standard InChI is InChI=1S/C22H27ClN6O2S/c1-22(2,24)21(30)25-19(14-31-13-16-9-5-4-6-10-16)20-26-27-29(28(20)3)32-15-17-11-7-8-12-18(17)23/h4-12,19H,13-15,24H2,1-3H3/p+1/t19-/m1/s1. The third-order valence-corrected chi connectivity index (χ3v) is 6.06. The first-order valence-corrected chi connectivity index (χ1v) is 11.5. The Morgan fingerprint density at radius 1 is 1.25 bits per heavy atom. The molecule has 8 nitrogen and oxygen atoms in total. The number of nitrogens with zero attached hydrogens (tertiary/aromatic N) is 4. The van der Waals surface area contributed by atoms with Gasteiger partial charge in [0.15, 0.2) is 5.21 Å². The monoisotopic (exact) mass is 475 g/mol. The summed E-state index contributed by atoms with van der Waals surface area (Å²) in [6.45, 7) is 3.94. The van der Waals surface area contributed by atoms with Gasteiger partial charge in [-0.15, -0.1) is 0 Å². The molecule has 3 aromatic rings. The summed E-state index contributed by atoms with van der Waals surface area (Å²) in [7, 11) is 1.83. The van der Waals surface area contributed by atoms with Gasteiger partial charge >= 0.3 is 5.82 Å². The van der Waals surface area contributed by atoms with E-state index in [9.17, 15) is 4.79 Å². The zero-order valence-electron chi connectivity index (χ0n) is 18.4. The molecule has 1 aromatic heterocycles. The van der Waals surface area contributed by atoms with Crippen LogP contribution < -0.4 is 15.7 Å². The van der Waals surface area contributed by atoms with E-state index in [0.29, 0.717) is 23.2 Å². The van der Waals surface area contributed by atoms with Crippen molar-refractivity contribution in [2.75, 3.05) is 6.61 Å². The first kappa shape index (κ1) is 24.2. The van der Waals surface area contributed by atoms with Crippen LogP contribution in [0, 0.1) is 0 Å². The minimum atomic E-state index is -1.04. The number of benzene rings is 2. The molecule has 3 rings (SSSR count). The minimum absolute atomic E-state index is 0.221. The smallest absolute Gasteiger partial charge is 0.326 e. The fourth-order valence-electron chi connectivity index (χ4n) is 2.84. The average molecular weight is 476 g/mol. The maximum absolute atomic E-state index is 12.6. The quantitative estimate of drug-likeness (QED) is 0.437. The number of halogens is 1. The van der Waals surface area contributed by atoms with Gasteiger partial charge in [-0.05, 0) is 31.0 Å². The maximum atomic E-state index is 12.6. The summed E-state index contributed by atoms with van der Waals surface area (Å²) in [5.74, 6) is 0.875. The number of carbonyl (C=O) groups excluding carboxylic acids is 1. The molecule has 0 aliphatic heterocycles. The number of amides is 1. The van der Waals surface area contributed by atoms with Crippen LogP contribution in [0.4, 0.5) is 0 Å². The number of rotatable bonds is 10. The van der Waals surface area contributed by atoms with E-state index in [1.165, 1.54) is 11.9 Å². The van der Waals surface area contributed by atoms with Gasteiger partial charge in [0.25, 0.3) is 0 Å². The van der Waals surface area contributed by atoms with Crippen molar-refractivity contribution in [3.05, 3.63) is 76.6 Å². The van der Waals surface area contributed by atoms with E-state index >= 15 is 0 Å². The highest BCUT2D eigenvalue weighted by atomic mass is 35.5. The lowest BCUT2D eigenvalue weighted by Crippen LogP contribution is -2.53.